The highest BCUT2D eigenvalue weighted by atomic mass is 35.5. The molecule has 1 N–H and O–H groups in total. The zero-order valence-corrected chi connectivity index (χ0v) is 31.1. The maximum absolute atomic E-state index is 11.3. The Morgan fingerprint density at radius 1 is 1.07 bits per heavy atom. The summed E-state index contributed by atoms with van der Waals surface area (Å²) in [6.45, 7) is 33.4. The topological polar surface area (TPSA) is 94.2 Å². The molecule has 0 spiro atoms. The van der Waals surface area contributed by atoms with Crippen molar-refractivity contribution in [1.29, 1.82) is 0 Å². The van der Waals surface area contributed by atoms with Crippen LogP contribution in [0.5, 0.6) is 5.75 Å². The lowest BCUT2D eigenvalue weighted by molar-refractivity contribution is -0.145. The van der Waals surface area contributed by atoms with Crippen molar-refractivity contribution in [2.45, 2.75) is 115 Å². The number of carboxylic acid groups (broad SMARTS) is 1. The molecule has 0 aliphatic heterocycles. The van der Waals surface area contributed by atoms with E-state index in [4.69, 9.17) is 37.2 Å². The Kier molecular flexibility index (Phi) is 43.7. The van der Waals surface area contributed by atoms with Gasteiger partial charge in [0.25, 0.3) is 0 Å². The molecular weight excluding hydrogens is 599 g/mol. The number of hydrogen-bond donors (Lipinski definition) is 1. The molecule has 0 saturated heterocycles. The molecule has 7 nitrogen and oxygen atoms in total. The van der Waals surface area contributed by atoms with Crippen molar-refractivity contribution in [3.8, 4) is 5.75 Å². The van der Waals surface area contributed by atoms with Crippen molar-refractivity contribution >= 4 is 51.6 Å². The molecule has 1 heterocycles. The third kappa shape index (κ3) is 22.5. The Morgan fingerprint density at radius 2 is 1.59 bits per heavy atom. The number of aliphatic carboxylic acids is 1. The summed E-state index contributed by atoms with van der Waals surface area (Å²) in [5.74, 6) is -0.463. The first-order valence-corrected chi connectivity index (χ1v) is 16.4. The van der Waals surface area contributed by atoms with Gasteiger partial charge in [-0.25, -0.2) is 9.79 Å². The number of aromatic nitrogens is 1. The van der Waals surface area contributed by atoms with Crippen LogP contribution in [0, 0.1) is 0 Å². The van der Waals surface area contributed by atoms with E-state index >= 15 is 0 Å². The van der Waals surface area contributed by atoms with E-state index in [0.717, 1.165) is 5.57 Å². The summed E-state index contributed by atoms with van der Waals surface area (Å²) in [6.07, 6.45) is 7.65. The Bertz CT molecular complexity index is 1060. The van der Waals surface area contributed by atoms with E-state index < -0.39 is 12.1 Å². The predicted octanol–water partition coefficient (Wildman–Crippen LogP) is 12.5. The van der Waals surface area contributed by atoms with Crippen LogP contribution in [-0.2, 0) is 9.53 Å². The van der Waals surface area contributed by atoms with Crippen LogP contribution in [0.3, 0.4) is 0 Å². The van der Waals surface area contributed by atoms with E-state index in [1.807, 2.05) is 69.2 Å². The maximum atomic E-state index is 11.3. The second-order valence-corrected chi connectivity index (χ2v) is 7.77. The minimum atomic E-state index is -1.06. The Labute approximate surface area is 278 Å². The standard InChI is InChI=1S/C21H23ClN2O5.C3H5Cl.C3H8.4C2H6/c1-5-9-27-19(8-4)23-12-13(6-2)20-14-10-18(28-16(7-3)21(25)26)15(22)11-17(14)29-24-20;1-2-3-4;1-3-2;4*1-2/h5,8,10-12,16H,1,4,6-7,9H2,2-3H3,(H,25,26);2-3H,1H3;3H2,1-2H3;4*1-2H3/b13-12+,23-19?;3-2+;;;;;. The largest absolute Gasteiger partial charge is 0.479 e. The quantitative estimate of drug-likeness (QED) is 0.155. The van der Waals surface area contributed by atoms with Gasteiger partial charge in [0.2, 0.25) is 5.90 Å². The first-order valence-electron chi connectivity index (χ1n) is 15.6. The number of aliphatic imine (C=N–C) groups is 1. The number of rotatable bonds is 10. The van der Waals surface area contributed by atoms with E-state index in [9.17, 15) is 9.90 Å². The summed E-state index contributed by atoms with van der Waals surface area (Å²) in [7, 11) is 0. The third-order valence-electron chi connectivity index (χ3n) is 4.12. The molecule has 0 bridgehead atoms. The molecule has 0 saturated carbocycles. The number of fused-ring (bicyclic) bond motifs is 1. The van der Waals surface area contributed by atoms with Crippen molar-refractivity contribution < 1.29 is 23.9 Å². The fourth-order valence-electron chi connectivity index (χ4n) is 2.48. The van der Waals surface area contributed by atoms with Gasteiger partial charge in [-0.05, 0) is 37.4 Å². The molecule has 9 heteroatoms. The monoisotopic (exact) mass is 658 g/mol. The molecule has 2 rings (SSSR count). The van der Waals surface area contributed by atoms with E-state index in [1.165, 1.54) is 18.0 Å². The van der Waals surface area contributed by atoms with Crippen LogP contribution in [0.15, 0.2) is 64.8 Å². The predicted molar refractivity (Wildman–Crippen MR) is 195 cm³/mol. The van der Waals surface area contributed by atoms with Gasteiger partial charge in [0, 0.05) is 17.8 Å². The lowest BCUT2D eigenvalue weighted by atomic mass is 10.1. The lowest BCUT2D eigenvalue weighted by Gasteiger charge is -2.14. The summed E-state index contributed by atoms with van der Waals surface area (Å²) in [5.41, 5.74) is 3.27. The number of benzene rings is 1. The average molecular weight is 660 g/mol. The fourth-order valence-corrected chi connectivity index (χ4v) is 2.68. The summed E-state index contributed by atoms with van der Waals surface area (Å²) >= 11 is 11.2. The van der Waals surface area contributed by atoms with Crippen molar-refractivity contribution in [3.63, 3.8) is 0 Å². The zero-order chi connectivity index (χ0) is 35.5. The lowest BCUT2D eigenvalue weighted by Crippen LogP contribution is -2.26. The van der Waals surface area contributed by atoms with Crippen molar-refractivity contribution in [3.05, 3.63) is 66.0 Å². The van der Waals surface area contributed by atoms with Crippen LogP contribution >= 0.6 is 23.2 Å². The normalized spacial score (nSPS) is 10.5. The van der Waals surface area contributed by atoms with Crippen LogP contribution in [0.2, 0.25) is 5.02 Å². The number of allylic oxidation sites excluding steroid dienone is 2. The van der Waals surface area contributed by atoms with Crippen LogP contribution in [0.1, 0.15) is 115 Å². The molecule has 0 aliphatic rings. The average Bonchev–Trinajstić information content (AvgIpc) is 3.47. The van der Waals surface area contributed by atoms with Gasteiger partial charge < -0.3 is 19.1 Å². The Morgan fingerprint density at radius 3 is 1.98 bits per heavy atom. The second-order valence-electron chi connectivity index (χ2n) is 7.11. The molecular formula is C35H60Cl2N2O5. The summed E-state index contributed by atoms with van der Waals surface area (Å²) in [6, 6.07) is 3.18. The van der Waals surface area contributed by atoms with Gasteiger partial charge in [-0.15, -0.1) is 0 Å². The number of carboxylic acids is 1. The van der Waals surface area contributed by atoms with Crippen molar-refractivity contribution in [2.24, 2.45) is 4.99 Å². The molecule has 1 atom stereocenters. The van der Waals surface area contributed by atoms with Crippen LogP contribution in [0.4, 0.5) is 0 Å². The number of ether oxygens (including phenoxy) is 2. The van der Waals surface area contributed by atoms with Gasteiger partial charge in [0.15, 0.2) is 11.7 Å². The highest BCUT2D eigenvalue weighted by Crippen LogP contribution is 2.35. The summed E-state index contributed by atoms with van der Waals surface area (Å²) in [5, 5.41) is 14.2. The number of halogens is 2. The van der Waals surface area contributed by atoms with E-state index in [-0.39, 0.29) is 10.8 Å². The number of hydrogen-bond acceptors (Lipinski definition) is 6. The first kappa shape index (κ1) is 50.6. The molecule has 44 heavy (non-hydrogen) atoms. The zero-order valence-electron chi connectivity index (χ0n) is 29.6. The van der Waals surface area contributed by atoms with Gasteiger partial charge in [-0.2, -0.15) is 0 Å². The van der Waals surface area contributed by atoms with E-state index in [2.05, 4.69) is 37.2 Å². The number of carbonyl (C=O) groups is 1. The highest BCUT2D eigenvalue weighted by Gasteiger charge is 2.21. The number of nitrogens with zero attached hydrogens (tertiary/aromatic N) is 2. The highest BCUT2D eigenvalue weighted by molar-refractivity contribution is 6.32. The molecule has 0 fully saturated rings. The molecule has 0 aliphatic carbocycles. The third-order valence-corrected chi connectivity index (χ3v) is 4.67. The molecule has 0 amide bonds. The minimum Gasteiger partial charge on any atom is -0.479 e. The van der Waals surface area contributed by atoms with Gasteiger partial charge in [-0.3, -0.25) is 0 Å². The SMILES string of the molecule is C/C=C/Cl.C=CCOC(C=C)=N/C=C(\CC)c1noc2cc(Cl)c(OC(CC)C(=O)O)cc12.CC.CC.CC.CC.CCC. The Hall–Kier alpha value is -3.03. The summed E-state index contributed by atoms with van der Waals surface area (Å²) < 4.78 is 16.3. The van der Waals surface area contributed by atoms with Crippen LogP contribution < -0.4 is 4.74 Å². The van der Waals surface area contributed by atoms with Gasteiger partial charge in [0.1, 0.15) is 18.1 Å². The molecule has 2 aromatic rings. The van der Waals surface area contributed by atoms with Crippen LogP contribution in [0.25, 0.3) is 16.5 Å². The maximum Gasteiger partial charge on any atom is 0.344 e. The van der Waals surface area contributed by atoms with Crippen LogP contribution in [-0.4, -0.2) is 34.8 Å². The molecule has 254 valence electrons. The fraction of sp³-hybridized carbons (Fsp3) is 0.514. The molecule has 1 aromatic carbocycles. The van der Waals surface area contributed by atoms with Crippen molar-refractivity contribution in [1.82, 2.24) is 5.16 Å². The van der Waals surface area contributed by atoms with E-state index in [1.54, 1.807) is 37.4 Å². The molecule has 1 aromatic heterocycles. The second kappa shape index (κ2) is 38.0. The smallest absolute Gasteiger partial charge is 0.344 e. The van der Waals surface area contributed by atoms with Gasteiger partial charge in [0.05, 0.1) is 10.4 Å². The molecule has 1 unspecified atom stereocenters. The van der Waals surface area contributed by atoms with Crippen molar-refractivity contribution in [2.75, 3.05) is 6.61 Å². The molecule has 0 radical (unpaired) electrons. The Balaban J connectivity index is -0.000000288. The van der Waals surface area contributed by atoms with Gasteiger partial charge in [-0.1, -0.05) is 143 Å². The van der Waals surface area contributed by atoms with Gasteiger partial charge >= 0.3 is 5.97 Å². The summed E-state index contributed by atoms with van der Waals surface area (Å²) in [4.78, 5) is 15.6. The first-order chi connectivity index (χ1) is 21.3. The van der Waals surface area contributed by atoms with E-state index in [0.29, 0.717) is 42.0 Å². The minimum absolute atomic E-state index is 0.242.